The zero-order valence-corrected chi connectivity index (χ0v) is 10.9. The molecule has 2 amide bonds. The van der Waals surface area contributed by atoms with E-state index in [1.807, 2.05) is 0 Å². The highest BCUT2D eigenvalue weighted by atomic mass is 16.4. The molecule has 0 heterocycles. The number of carboxylic acids is 2. The summed E-state index contributed by atoms with van der Waals surface area (Å²) >= 11 is 0. The predicted molar refractivity (Wildman–Crippen MR) is 71.9 cm³/mol. The summed E-state index contributed by atoms with van der Waals surface area (Å²) in [6.07, 6.45) is -0.0813. The van der Waals surface area contributed by atoms with Crippen LogP contribution in [0.15, 0.2) is 24.3 Å². The van der Waals surface area contributed by atoms with Crippen LogP contribution in [-0.4, -0.2) is 40.5 Å². The van der Waals surface area contributed by atoms with Gasteiger partial charge in [-0.05, 0) is 30.7 Å². The third-order valence-corrected chi connectivity index (χ3v) is 2.62. The van der Waals surface area contributed by atoms with Crippen molar-refractivity contribution >= 4 is 29.9 Å². The van der Waals surface area contributed by atoms with Crippen molar-refractivity contribution in [1.82, 2.24) is 5.32 Å². The number of hydrogen-bond acceptors (Lipinski definition) is 4. The molecule has 0 bridgehead atoms. The third-order valence-electron chi connectivity index (χ3n) is 2.62. The molecular weight excluding hydrogens is 280 g/mol. The van der Waals surface area contributed by atoms with Crippen molar-refractivity contribution in [1.29, 1.82) is 0 Å². The van der Waals surface area contributed by atoms with Crippen molar-refractivity contribution in [2.45, 2.75) is 18.9 Å². The molecule has 1 atom stereocenters. The van der Waals surface area contributed by atoms with Gasteiger partial charge in [0, 0.05) is 17.7 Å². The van der Waals surface area contributed by atoms with Crippen molar-refractivity contribution in [2.24, 2.45) is 0 Å². The van der Waals surface area contributed by atoms with E-state index in [-0.39, 0.29) is 18.4 Å². The Kier molecular flexibility index (Phi) is 5.87. The summed E-state index contributed by atoms with van der Waals surface area (Å²) in [6, 6.07) is 4.52. The van der Waals surface area contributed by atoms with Gasteiger partial charge in [-0.1, -0.05) is 0 Å². The Labute approximate surface area is 119 Å². The van der Waals surface area contributed by atoms with Crippen LogP contribution in [0.1, 0.15) is 23.2 Å². The molecular formula is C13H14N2O6. The van der Waals surface area contributed by atoms with Gasteiger partial charge in [0.15, 0.2) is 0 Å². The average molecular weight is 294 g/mol. The number of hydrogen-bond donors (Lipinski definition) is 4. The molecule has 0 aliphatic heterocycles. The molecule has 1 rings (SSSR count). The minimum absolute atomic E-state index is 0.202. The lowest BCUT2D eigenvalue weighted by Crippen LogP contribution is -2.41. The van der Waals surface area contributed by atoms with Gasteiger partial charge in [0.1, 0.15) is 6.04 Å². The van der Waals surface area contributed by atoms with Gasteiger partial charge >= 0.3 is 11.9 Å². The highest BCUT2D eigenvalue weighted by molar-refractivity contribution is 5.97. The summed E-state index contributed by atoms with van der Waals surface area (Å²) in [7, 11) is 0. The summed E-state index contributed by atoms with van der Waals surface area (Å²) in [5.74, 6) is -3.07. The highest BCUT2D eigenvalue weighted by Crippen LogP contribution is 2.09. The number of carbonyl (C=O) groups excluding carboxylic acids is 2. The van der Waals surface area contributed by atoms with Gasteiger partial charge in [-0.2, -0.15) is 0 Å². The summed E-state index contributed by atoms with van der Waals surface area (Å²) in [6.45, 7) is 0. The molecule has 112 valence electrons. The van der Waals surface area contributed by atoms with E-state index in [9.17, 15) is 19.2 Å². The first kappa shape index (κ1) is 16.2. The summed E-state index contributed by atoms with van der Waals surface area (Å²) in [4.78, 5) is 43.5. The second kappa shape index (κ2) is 7.63. The quantitative estimate of drug-likeness (QED) is 0.510. The standard InChI is InChI=1S/C13H14N2O6/c16-7-14-9-3-1-8(2-4-9)12(19)15-10(13(20)21)5-6-11(17)18/h1-4,7,10H,5-6H2,(H,14,16)(H,15,19)(H,17,18)(H,20,21)/t10-/m0/s1. The monoisotopic (exact) mass is 294 g/mol. The second-order valence-corrected chi connectivity index (χ2v) is 4.14. The molecule has 4 N–H and O–H groups in total. The average Bonchev–Trinajstić information content (AvgIpc) is 2.43. The van der Waals surface area contributed by atoms with Gasteiger partial charge in [-0.15, -0.1) is 0 Å². The minimum Gasteiger partial charge on any atom is -0.481 e. The van der Waals surface area contributed by atoms with Gasteiger partial charge < -0.3 is 20.8 Å². The fourth-order valence-corrected chi connectivity index (χ4v) is 1.55. The van der Waals surface area contributed by atoms with Crippen molar-refractivity contribution in [3.05, 3.63) is 29.8 Å². The smallest absolute Gasteiger partial charge is 0.326 e. The lowest BCUT2D eigenvalue weighted by atomic mass is 10.1. The second-order valence-electron chi connectivity index (χ2n) is 4.14. The maximum absolute atomic E-state index is 11.9. The molecule has 0 aromatic heterocycles. The summed E-state index contributed by atoms with van der Waals surface area (Å²) in [5, 5.41) is 22.1. The van der Waals surface area contributed by atoms with E-state index in [0.29, 0.717) is 12.1 Å². The zero-order valence-electron chi connectivity index (χ0n) is 10.9. The Morgan fingerprint density at radius 1 is 1.14 bits per heavy atom. The molecule has 0 fully saturated rings. The number of rotatable bonds is 8. The lowest BCUT2D eigenvalue weighted by Gasteiger charge is -2.13. The van der Waals surface area contributed by atoms with Crippen LogP contribution < -0.4 is 10.6 Å². The summed E-state index contributed by atoms with van der Waals surface area (Å²) < 4.78 is 0. The molecule has 8 heteroatoms. The topological polar surface area (TPSA) is 133 Å². The van der Waals surface area contributed by atoms with Crippen LogP contribution in [0.25, 0.3) is 0 Å². The minimum atomic E-state index is -1.30. The molecule has 0 unspecified atom stereocenters. The normalized spacial score (nSPS) is 11.2. The van der Waals surface area contributed by atoms with E-state index in [4.69, 9.17) is 10.2 Å². The van der Waals surface area contributed by atoms with E-state index >= 15 is 0 Å². The first-order chi connectivity index (χ1) is 9.93. The van der Waals surface area contributed by atoms with Crippen LogP contribution >= 0.6 is 0 Å². The van der Waals surface area contributed by atoms with Crippen molar-refractivity contribution < 1.29 is 29.4 Å². The molecule has 1 aromatic rings. The number of carboxylic acid groups (broad SMARTS) is 2. The van der Waals surface area contributed by atoms with Crippen molar-refractivity contribution in [3.8, 4) is 0 Å². The number of benzene rings is 1. The van der Waals surface area contributed by atoms with E-state index in [2.05, 4.69) is 10.6 Å². The molecule has 0 radical (unpaired) electrons. The van der Waals surface area contributed by atoms with Crippen LogP contribution in [0.3, 0.4) is 0 Å². The van der Waals surface area contributed by atoms with Gasteiger partial charge in [0.2, 0.25) is 6.41 Å². The molecule has 1 aromatic carbocycles. The van der Waals surface area contributed by atoms with Crippen molar-refractivity contribution in [2.75, 3.05) is 5.32 Å². The fraction of sp³-hybridized carbons (Fsp3) is 0.231. The number of aliphatic carboxylic acids is 2. The van der Waals surface area contributed by atoms with Crippen LogP contribution in [0.5, 0.6) is 0 Å². The predicted octanol–water partition coefficient (Wildman–Crippen LogP) is 0.303. The number of amides is 2. The summed E-state index contributed by atoms with van der Waals surface area (Å²) in [5.41, 5.74) is 0.690. The third kappa shape index (κ3) is 5.31. The van der Waals surface area contributed by atoms with E-state index in [1.165, 1.54) is 24.3 Å². The van der Waals surface area contributed by atoms with Crippen LogP contribution in [0.2, 0.25) is 0 Å². The molecule has 8 nitrogen and oxygen atoms in total. The Hall–Kier alpha value is -2.90. The Morgan fingerprint density at radius 2 is 1.76 bits per heavy atom. The van der Waals surface area contributed by atoms with Crippen LogP contribution in [0, 0.1) is 0 Å². The molecule has 0 saturated heterocycles. The first-order valence-corrected chi connectivity index (χ1v) is 5.99. The zero-order chi connectivity index (χ0) is 15.8. The van der Waals surface area contributed by atoms with Gasteiger partial charge in [-0.3, -0.25) is 14.4 Å². The maximum atomic E-state index is 11.9. The van der Waals surface area contributed by atoms with Crippen LogP contribution in [0.4, 0.5) is 5.69 Å². The molecule has 0 aliphatic rings. The molecule has 21 heavy (non-hydrogen) atoms. The Balaban J connectivity index is 2.69. The van der Waals surface area contributed by atoms with Crippen LogP contribution in [-0.2, 0) is 14.4 Å². The van der Waals surface area contributed by atoms with Gasteiger partial charge in [-0.25, -0.2) is 4.79 Å². The lowest BCUT2D eigenvalue weighted by molar-refractivity contribution is -0.140. The van der Waals surface area contributed by atoms with Crippen molar-refractivity contribution in [3.63, 3.8) is 0 Å². The van der Waals surface area contributed by atoms with E-state index < -0.39 is 23.9 Å². The van der Waals surface area contributed by atoms with Gasteiger partial charge in [0.05, 0.1) is 0 Å². The molecule has 0 saturated carbocycles. The maximum Gasteiger partial charge on any atom is 0.326 e. The number of carbonyl (C=O) groups is 4. The fourth-order valence-electron chi connectivity index (χ4n) is 1.55. The Bertz CT molecular complexity index is 540. The molecule has 0 aliphatic carbocycles. The van der Waals surface area contributed by atoms with E-state index in [0.717, 1.165) is 0 Å². The first-order valence-electron chi connectivity index (χ1n) is 5.99. The largest absolute Gasteiger partial charge is 0.481 e. The molecule has 0 spiro atoms. The number of nitrogens with one attached hydrogen (secondary N) is 2. The highest BCUT2D eigenvalue weighted by Gasteiger charge is 2.21. The SMILES string of the molecule is O=CNc1ccc(C(=O)N[C@@H](CCC(=O)O)C(=O)O)cc1. The Morgan fingerprint density at radius 3 is 2.24 bits per heavy atom. The van der Waals surface area contributed by atoms with Gasteiger partial charge in [0.25, 0.3) is 5.91 Å². The van der Waals surface area contributed by atoms with E-state index in [1.54, 1.807) is 0 Å². The number of anilines is 1.